The zero-order valence-corrected chi connectivity index (χ0v) is 10.4. The van der Waals surface area contributed by atoms with E-state index in [4.69, 9.17) is 12.2 Å². The molecule has 1 aromatic carbocycles. The second-order valence-corrected chi connectivity index (χ2v) is 4.77. The second-order valence-electron chi connectivity index (χ2n) is 4.77. The Morgan fingerprint density at radius 1 is 1.39 bits per heavy atom. The number of nitrogens with two attached hydrogens (primary N) is 1. The topological polar surface area (TPSA) is 55.1 Å². The molecule has 0 unspecified atom stereocenters. The fourth-order valence-electron chi connectivity index (χ4n) is 2.14. The molecule has 0 bridgehead atoms. The Hall–Kier alpha value is -1.95. The molecule has 1 amide bonds. The molecule has 1 aromatic rings. The summed E-state index contributed by atoms with van der Waals surface area (Å²) in [5, 5.41) is 2.97. The minimum atomic E-state index is -0.316. The number of hydrogen-bond acceptors (Lipinski definition) is 2. The van der Waals surface area contributed by atoms with Crippen molar-refractivity contribution in [1.29, 1.82) is 0 Å². The van der Waals surface area contributed by atoms with Gasteiger partial charge in [-0.25, -0.2) is 0 Å². The summed E-state index contributed by atoms with van der Waals surface area (Å²) in [6.45, 7) is 0.653. The molecule has 0 atom stereocenters. The molecule has 0 aromatic heterocycles. The lowest BCUT2D eigenvalue weighted by Gasteiger charge is -2.15. The van der Waals surface area contributed by atoms with Crippen LogP contribution in [-0.4, -0.2) is 12.5 Å². The fourth-order valence-corrected chi connectivity index (χ4v) is 2.14. The maximum absolute atomic E-state index is 12.2. The van der Waals surface area contributed by atoms with Gasteiger partial charge in [-0.05, 0) is 37.0 Å². The average Bonchev–Trinajstić information content (AvgIpc) is 3.17. The van der Waals surface area contributed by atoms with Gasteiger partial charge in [0.15, 0.2) is 0 Å². The van der Waals surface area contributed by atoms with Crippen LogP contribution < -0.4 is 11.1 Å². The molecular formula is C15H18N2O. The SMILES string of the molecule is C#CCCCNC(=O)C1(c2ccc(N)cc2)CC1. The predicted molar refractivity (Wildman–Crippen MR) is 72.8 cm³/mol. The van der Waals surface area contributed by atoms with Crippen LogP contribution >= 0.6 is 0 Å². The largest absolute Gasteiger partial charge is 0.399 e. The average molecular weight is 242 g/mol. The van der Waals surface area contributed by atoms with Crippen molar-refractivity contribution in [2.75, 3.05) is 12.3 Å². The number of carbonyl (C=O) groups excluding carboxylic acids is 1. The first-order valence-corrected chi connectivity index (χ1v) is 6.27. The van der Waals surface area contributed by atoms with E-state index in [1.807, 2.05) is 24.3 Å². The van der Waals surface area contributed by atoms with Crippen LogP contribution in [0.15, 0.2) is 24.3 Å². The third-order valence-electron chi connectivity index (χ3n) is 3.43. The number of unbranched alkanes of at least 4 members (excludes halogenated alkanes) is 1. The first-order valence-electron chi connectivity index (χ1n) is 6.27. The highest BCUT2D eigenvalue weighted by atomic mass is 16.2. The molecule has 0 aliphatic heterocycles. The van der Waals surface area contributed by atoms with E-state index in [1.165, 1.54) is 0 Å². The van der Waals surface area contributed by atoms with E-state index in [2.05, 4.69) is 11.2 Å². The summed E-state index contributed by atoms with van der Waals surface area (Å²) in [5.74, 6) is 2.68. The quantitative estimate of drug-likeness (QED) is 0.470. The van der Waals surface area contributed by atoms with Crippen molar-refractivity contribution in [2.45, 2.75) is 31.1 Å². The lowest BCUT2D eigenvalue weighted by Crippen LogP contribution is -2.35. The molecule has 0 heterocycles. The van der Waals surface area contributed by atoms with Gasteiger partial charge in [-0.2, -0.15) is 0 Å². The van der Waals surface area contributed by atoms with Crippen LogP contribution in [0.4, 0.5) is 5.69 Å². The Balaban J connectivity index is 1.97. The van der Waals surface area contributed by atoms with E-state index in [0.717, 1.165) is 30.5 Å². The van der Waals surface area contributed by atoms with Gasteiger partial charge < -0.3 is 11.1 Å². The first-order chi connectivity index (χ1) is 8.69. The highest BCUT2D eigenvalue weighted by molar-refractivity contribution is 5.91. The molecule has 94 valence electrons. The number of terminal acetylenes is 1. The number of carbonyl (C=O) groups is 1. The van der Waals surface area contributed by atoms with Crippen molar-refractivity contribution in [3.8, 4) is 12.3 Å². The standard InChI is InChI=1S/C15H18N2O/c1-2-3-4-11-17-14(18)15(9-10-15)12-5-7-13(16)8-6-12/h1,5-8H,3-4,9-11,16H2,(H,17,18). The third-order valence-corrected chi connectivity index (χ3v) is 3.43. The summed E-state index contributed by atoms with van der Waals surface area (Å²) in [6, 6.07) is 7.59. The normalized spacial score (nSPS) is 15.7. The molecule has 3 heteroatoms. The Kier molecular flexibility index (Phi) is 3.57. The van der Waals surface area contributed by atoms with Gasteiger partial charge in [0.2, 0.25) is 5.91 Å². The molecule has 18 heavy (non-hydrogen) atoms. The smallest absolute Gasteiger partial charge is 0.230 e. The summed E-state index contributed by atoms with van der Waals surface area (Å²) < 4.78 is 0. The monoisotopic (exact) mass is 242 g/mol. The van der Waals surface area contributed by atoms with Gasteiger partial charge in [0.1, 0.15) is 0 Å². The second kappa shape index (κ2) is 5.14. The van der Waals surface area contributed by atoms with Crippen molar-refractivity contribution >= 4 is 11.6 Å². The van der Waals surface area contributed by atoms with Crippen LogP contribution in [0, 0.1) is 12.3 Å². The van der Waals surface area contributed by atoms with Crippen molar-refractivity contribution < 1.29 is 4.79 Å². The number of nitrogen functional groups attached to an aromatic ring is 1. The van der Waals surface area contributed by atoms with E-state index in [9.17, 15) is 4.79 Å². The zero-order valence-electron chi connectivity index (χ0n) is 10.4. The van der Waals surface area contributed by atoms with E-state index in [0.29, 0.717) is 13.0 Å². The molecule has 3 N–H and O–H groups in total. The number of benzene rings is 1. The minimum Gasteiger partial charge on any atom is -0.399 e. The molecule has 0 radical (unpaired) electrons. The molecule has 2 rings (SSSR count). The van der Waals surface area contributed by atoms with Crippen molar-refractivity contribution in [3.05, 3.63) is 29.8 Å². The third kappa shape index (κ3) is 2.48. The zero-order chi connectivity index (χ0) is 13.0. The van der Waals surface area contributed by atoms with Crippen molar-refractivity contribution in [2.24, 2.45) is 0 Å². The number of anilines is 1. The van der Waals surface area contributed by atoms with E-state index < -0.39 is 0 Å². The van der Waals surface area contributed by atoms with Gasteiger partial charge >= 0.3 is 0 Å². The molecule has 1 fully saturated rings. The maximum atomic E-state index is 12.2. The summed E-state index contributed by atoms with van der Waals surface area (Å²) >= 11 is 0. The minimum absolute atomic E-state index is 0.115. The molecule has 0 saturated heterocycles. The number of nitrogens with one attached hydrogen (secondary N) is 1. The summed E-state index contributed by atoms with van der Waals surface area (Å²) in [7, 11) is 0. The molecule has 1 aliphatic rings. The van der Waals surface area contributed by atoms with E-state index in [1.54, 1.807) is 0 Å². The Bertz CT molecular complexity index is 466. The summed E-state index contributed by atoms with van der Waals surface area (Å²) in [4.78, 5) is 12.2. The lowest BCUT2D eigenvalue weighted by molar-refractivity contribution is -0.123. The van der Waals surface area contributed by atoms with Gasteiger partial charge in [0.25, 0.3) is 0 Å². The van der Waals surface area contributed by atoms with Gasteiger partial charge in [0.05, 0.1) is 5.41 Å². The number of rotatable bonds is 5. The summed E-state index contributed by atoms with van der Waals surface area (Å²) in [6.07, 6.45) is 8.54. The fraction of sp³-hybridized carbons (Fsp3) is 0.400. The first kappa shape index (κ1) is 12.5. The molecule has 0 spiro atoms. The van der Waals surface area contributed by atoms with Crippen LogP contribution in [-0.2, 0) is 10.2 Å². The predicted octanol–water partition coefficient (Wildman–Crippen LogP) is 1.83. The van der Waals surface area contributed by atoms with Crippen molar-refractivity contribution in [3.63, 3.8) is 0 Å². The van der Waals surface area contributed by atoms with Gasteiger partial charge in [-0.3, -0.25) is 4.79 Å². The van der Waals surface area contributed by atoms with Gasteiger partial charge in [-0.15, -0.1) is 12.3 Å². The van der Waals surface area contributed by atoms with E-state index >= 15 is 0 Å². The highest BCUT2D eigenvalue weighted by Gasteiger charge is 2.50. The Morgan fingerprint density at radius 2 is 2.06 bits per heavy atom. The lowest BCUT2D eigenvalue weighted by atomic mass is 9.94. The number of hydrogen-bond donors (Lipinski definition) is 2. The van der Waals surface area contributed by atoms with Crippen LogP contribution in [0.5, 0.6) is 0 Å². The van der Waals surface area contributed by atoms with Crippen LogP contribution in [0.25, 0.3) is 0 Å². The van der Waals surface area contributed by atoms with Crippen LogP contribution in [0.3, 0.4) is 0 Å². The highest BCUT2D eigenvalue weighted by Crippen LogP contribution is 2.48. The van der Waals surface area contributed by atoms with Crippen LogP contribution in [0.2, 0.25) is 0 Å². The van der Waals surface area contributed by atoms with Crippen LogP contribution in [0.1, 0.15) is 31.2 Å². The molecule has 3 nitrogen and oxygen atoms in total. The van der Waals surface area contributed by atoms with E-state index in [-0.39, 0.29) is 11.3 Å². The Morgan fingerprint density at radius 3 is 2.61 bits per heavy atom. The number of amides is 1. The molecule has 1 aliphatic carbocycles. The molecule has 1 saturated carbocycles. The van der Waals surface area contributed by atoms with Crippen molar-refractivity contribution in [1.82, 2.24) is 5.32 Å². The van der Waals surface area contributed by atoms with Gasteiger partial charge in [-0.1, -0.05) is 12.1 Å². The maximum Gasteiger partial charge on any atom is 0.230 e. The summed E-state index contributed by atoms with van der Waals surface area (Å²) in [5.41, 5.74) is 7.13. The molecular weight excluding hydrogens is 224 g/mol. The Labute approximate surface area is 108 Å². The van der Waals surface area contributed by atoms with Gasteiger partial charge in [0, 0.05) is 18.7 Å².